The van der Waals surface area contributed by atoms with E-state index in [4.69, 9.17) is 0 Å². The van der Waals surface area contributed by atoms with Gasteiger partial charge in [-0.3, -0.25) is 29.0 Å². The first-order valence-electron chi connectivity index (χ1n) is 10.1. The van der Waals surface area contributed by atoms with Crippen molar-refractivity contribution in [3.8, 4) is 0 Å². The molecule has 2 aliphatic heterocycles. The van der Waals surface area contributed by atoms with Crippen molar-refractivity contribution in [2.75, 3.05) is 26.2 Å². The summed E-state index contributed by atoms with van der Waals surface area (Å²) in [6.07, 6.45) is 0. The largest absolute Gasteiger partial charge is 0.313 e. The van der Waals surface area contributed by atoms with Gasteiger partial charge in [0, 0.05) is 26.2 Å². The van der Waals surface area contributed by atoms with Crippen molar-refractivity contribution in [1.82, 2.24) is 15.1 Å². The quantitative estimate of drug-likeness (QED) is 0.442. The van der Waals surface area contributed by atoms with Crippen LogP contribution in [-0.4, -0.2) is 59.6 Å². The smallest absolute Gasteiger partial charge is 0.261 e. The Kier molecular flexibility index (Phi) is 6.77. The third kappa shape index (κ3) is 4.62. The van der Waals surface area contributed by atoms with Crippen molar-refractivity contribution in [3.63, 3.8) is 0 Å². The Morgan fingerprint density at radius 2 is 0.935 bits per heavy atom. The van der Waals surface area contributed by atoms with Gasteiger partial charge in [0.15, 0.2) is 0 Å². The molecule has 0 saturated heterocycles. The number of hydrogen-bond acceptors (Lipinski definition) is 5. The molecule has 2 aromatic rings. The first-order valence-corrected chi connectivity index (χ1v) is 10.1. The van der Waals surface area contributed by atoms with Gasteiger partial charge < -0.3 is 5.32 Å². The molecule has 0 fully saturated rings. The van der Waals surface area contributed by atoms with Crippen molar-refractivity contribution in [1.29, 1.82) is 0 Å². The van der Waals surface area contributed by atoms with Crippen molar-refractivity contribution >= 4 is 23.6 Å². The highest BCUT2D eigenvalue weighted by molar-refractivity contribution is 6.22. The fourth-order valence-corrected chi connectivity index (χ4v) is 3.39. The van der Waals surface area contributed by atoms with Gasteiger partial charge >= 0.3 is 0 Å². The summed E-state index contributed by atoms with van der Waals surface area (Å²) >= 11 is 0. The van der Waals surface area contributed by atoms with E-state index in [9.17, 15) is 19.2 Å². The number of allylic oxidation sites excluding steroid dienone is 1. The first kappa shape index (κ1) is 22.1. The molecular weight excluding hydrogens is 394 g/mol. The van der Waals surface area contributed by atoms with Gasteiger partial charge in [-0.25, -0.2) is 0 Å². The van der Waals surface area contributed by atoms with Gasteiger partial charge in [0.25, 0.3) is 23.6 Å². The predicted molar refractivity (Wildman–Crippen MR) is 117 cm³/mol. The maximum absolute atomic E-state index is 12.3. The zero-order valence-corrected chi connectivity index (χ0v) is 17.7. The molecular formula is C24H25N3O4. The zero-order chi connectivity index (χ0) is 22.5. The molecule has 1 N–H and O–H groups in total. The summed E-state index contributed by atoms with van der Waals surface area (Å²) < 4.78 is 0. The molecule has 7 nitrogen and oxygen atoms in total. The summed E-state index contributed by atoms with van der Waals surface area (Å²) in [5, 5.41) is 3.08. The molecule has 2 aliphatic rings. The summed E-state index contributed by atoms with van der Waals surface area (Å²) in [4.78, 5) is 51.5. The molecule has 31 heavy (non-hydrogen) atoms. The average Bonchev–Trinajstić information content (AvgIpc) is 3.14. The second kappa shape index (κ2) is 9.49. The maximum atomic E-state index is 12.3. The predicted octanol–water partition coefficient (Wildman–Crippen LogP) is 2.75. The molecule has 0 spiro atoms. The molecule has 4 rings (SSSR count). The van der Waals surface area contributed by atoms with Gasteiger partial charge in [-0.15, -0.1) is 6.58 Å². The normalized spacial score (nSPS) is 14.4. The molecule has 2 aromatic carbocycles. The number of amides is 4. The van der Waals surface area contributed by atoms with Gasteiger partial charge in [-0.1, -0.05) is 29.8 Å². The lowest BCUT2D eigenvalue weighted by atomic mass is 10.1. The minimum Gasteiger partial charge on any atom is -0.313 e. The van der Waals surface area contributed by atoms with E-state index in [0.717, 1.165) is 0 Å². The van der Waals surface area contributed by atoms with Crippen LogP contribution in [0.2, 0.25) is 0 Å². The molecule has 0 unspecified atom stereocenters. The van der Waals surface area contributed by atoms with Crippen LogP contribution in [0.3, 0.4) is 0 Å². The SMILES string of the molecule is C=C(C)C.O=C1c2ccccc2C(=O)N1CCNCCN1C(=O)c2ccccc2C1=O. The van der Waals surface area contributed by atoms with Crippen LogP contribution in [0.1, 0.15) is 55.3 Å². The topological polar surface area (TPSA) is 86.8 Å². The standard InChI is InChI=1S/C20H17N3O4.C4H8/c24-17-13-5-1-2-6-14(13)18(25)22(17)11-9-21-10-12-23-19(26)15-7-3-4-8-16(15)20(23)27;1-4(2)3/h1-8,21H,9-12H2;1H2,2-3H3. The molecule has 7 heteroatoms. The minimum atomic E-state index is -0.294. The molecule has 0 aromatic heterocycles. The summed E-state index contributed by atoms with van der Waals surface area (Å²) in [6.45, 7) is 8.73. The van der Waals surface area contributed by atoms with Gasteiger partial charge in [0.05, 0.1) is 22.3 Å². The second-order valence-electron chi connectivity index (χ2n) is 7.57. The number of benzene rings is 2. The maximum Gasteiger partial charge on any atom is 0.261 e. The highest BCUT2D eigenvalue weighted by atomic mass is 16.2. The summed E-state index contributed by atoms with van der Waals surface area (Å²) in [7, 11) is 0. The van der Waals surface area contributed by atoms with Crippen LogP contribution in [0.15, 0.2) is 60.7 Å². The van der Waals surface area contributed by atoms with E-state index in [1.807, 2.05) is 13.8 Å². The van der Waals surface area contributed by atoms with Crippen LogP contribution in [-0.2, 0) is 0 Å². The van der Waals surface area contributed by atoms with Crippen LogP contribution < -0.4 is 5.32 Å². The minimum absolute atomic E-state index is 0.231. The second-order valence-corrected chi connectivity index (χ2v) is 7.57. The van der Waals surface area contributed by atoms with Crippen LogP contribution in [0.4, 0.5) is 0 Å². The molecule has 0 aliphatic carbocycles. The van der Waals surface area contributed by atoms with E-state index in [-0.39, 0.29) is 36.7 Å². The first-order chi connectivity index (χ1) is 14.8. The highest BCUT2D eigenvalue weighted by Crippen LogP contribution is 2.22. The lowest BCUT2D eigenvalue weighted by Crippen LogP contribution is -2.40. The fourth-order valence-electron chi connectivity index (χ4n) is 3.39. The van der Waals surface area contributed by atoms with E-state index >= 15 is 0 Å². The van der Waals surface area contributed by atoms with E-state index in [0.29, 0.717) is 35.3 Å². The molecule has 0 bridgehead atoms. The number of carbonyl (C=O) groups is 4. The van der Waals surface area contributed by atoms with Crippen LogP contribution >= 0.6 is 0 Å². The molecule has 0 radical (unpaired) electrons. The lowest BCUT2D eigenvalue weighted by Gasteiger charge is -2.16. The number of imide groups is 2. The molecule has 4 amide bonds. The Morgan fingerprint density at radius 3 is 1.19 bits per heavy atom. The van der Waals surface area contributed by atoms with E-state index in [2.05, 4.69) is 11.9 Å². The molecule has 0 atom stereocenters. The Balaban J connectivity index is 0.000000628. The Labute approximate surface area is 181 Å². The van der Waals surface area contributed by atoms with E-state index in [1.54, 1.807) is 48.5 Å². The summed E-state index contributed by atoms with van der Waals surface area (Å²) in [5.74, 6) is -1.18. The van der Waals surface area contributed by atoms with Crippen molar-refractivity contribution in [3.05, 3.63) is 82.9 Å². The Bertz CT molecular complexity index is 909. The van der Waals surface area contributed by atoms with E-state index < -0.39 is 0 Å². The summed E-state index contributed by atoms with van der Waals surface area (Å²) in [5.41, 5.74) is 2.86. The molecule has 160 valence electrons. The average molecular weight is 419 g/mol. The van der Waals surface area contributed by atoms with Crippen LogP contribution in [0.25, 0.3) is 0 Å². The zero-order valence-electron chi connectivity index (χ0n) is 17.7. The third-order valence-electron chi connectivity index (χ3n) is 4.78. The molecule has 2 heterocycles. The number of hydrogen-bond donors (Lipinski definition) is 1. The summed E-state index contributed by atoms with van der Waals surface area (Å²) in [6, 6.07) is 13.5. The lowest BCUT2D eigenvalue weighted by molar-refractivity contribution is 0.0650. The Morgan fingerprint density at radius 1 is 0.677 bits per heavy atom. The van der Waals surface area contributed by atoms with Crippen molar-refractivity contribution < 1.29 is 19.2 Å². The highest BCUT2D eigenvalue weighted by Gasteiger charge is 2.35. The third-order valence-corrected chi connectivity index (χ3v) is 4.78. The number of rotatable bonds is 6. The number of carbonyl (C=O) groups excluding carboxylic acids is 4. The van der Waals surface area contributed by atoms with Gasteiger partial charge in [-0.2, -0.15) is 0 Å². The van der Waals surface area contributed by atoms with Crippen LogP contribution in [0.5, 0.6) is 0 Å². The van der Waals surface area contributed by atoms with Gasteiger partial charge in [0.2, 0.25) is 0 Å². The number of nitrogens with zero attached hydrogens (tertiary/aromatic N) is 2. The van der Waals surface area contributed by atoms with Crippen molar-refractivity contribution in [2.24, 2.45) is 0 Å². The van der Waals surface area contributed by atoms with Crippen LogP contribution in [0, 0.1) is 0 Å². The fraction of sp³-hybridized carbons (Fsp3) is 0.250. The monoisotopic (exact) mass is 419 g/mol. The van der Waals surface area contributed by atoms with E-state index in [1.165, 1.54) is 15.4 Å². The Hall–Kier alpha value is -3.58. The number of nitrogens with one attached hydrogen (secondary N) is 1. The van der Waals surface area contributed by atoms with Gasteiger partial charge in [-0.05, 0) is 38.1 Å². The number of fused-ring (bicyclic) bond motifs is 2. The van der Waals surface area contributed by atoms with Gasteiger partial charge in [0.1, 0.15) is 0 Å². The molecule has 0 saturated carbocycles. The van der Waals surface area contributed by atoms with Crippen molar-refractivity contribution in [2.45, 2.75) is 13.8 Å².